The standard InChI is InChI=1S/C16H21NS/c1-13-2-4-14(5-3-13)10-16(11-17)7-6-15-8-9-18-12-15/h2-5,8-9,12,16H,6-7,10-11,17H2,1H3. The van der Waals surface area contributed by atoms with Crippen LogP contribution in [0.25, 0.3) is 0 Å². The first kappa shape index (κ1) is 13.3. The van der Waals surface area contributed by atoms with Gasteiger partial charge < -0.3 is 5.73 Å². The summed E-state index contributed by atoms with van der Waals surface area (Å²) in [6.07, 6.45) is 3.43. The molecule has 1 heterocycles. The van der Waals surface area contributed by atoms with Crippen LogP contribution < -0.4 is 5.73 Å². The molecule has 1 atom stereocenters. The smallest absolute Gasteiger partial charge is 0.00456 e. The third-order valence-electron chi connectivity index (χ3n) is 3.40. The molecule has 0 saturated heterocycles. The van der Waals surface area contributed by atoms with Gasteiger partial charge in [-0.1, -0.05) is 29.8 Å². The number of hydrogen-bond donors (Lipinski definition) is 1. The SMILES string of the molecule is Cc1ccc(CC(CN)CCc2ccsc2)cc1. The maximum Gasteiger partial charge on any atom is -0.00456 e. The van der Waals surface area contributed by atoms with E-state index in [1.165, 1.54) is 23.1 Å². The molecular weight excluding hydrogens is 238 g/mol. The lowest BCUT2D eigenvalue weighted by Gasteiger charge is -2.14. The van der Waals surface area contributed by atoms with Gasteiger partial charge in [-0.15, -0.1) is 0 Å². The van der Waals surface area contributed by atoms with E-state index < -0.39 is 0 Å². The number of thiophene rings is 1. The molecule has 0 saturated carbocycles. The molecule has 0 amide bonds. The number of aryl methyl sites for hydroxylation is 2. The zero-order valence-corrected chi connectivity index (χ0v) is 11.7. The minimum atomic E-state index is 0.590. The van der Waals surface area contributed by atoms with Crippen molar-refractivity contribution in [3.05, 3.63) is 57.8 Å². The van der Waals surface area contributed by atoms with E-state index in [4.69, 9.17) is 5.73 Å². The minimum absolute atomic E-state index is 0.590. The Kier molecular flexibility index (Phi) is 4.97. The van der Waals surface area contributed by atoms with E-state index in [1.54, 1.807) is 11.3 Å². The van der Waals surface area contributed by atoms with E-state index in [1.807, 2.05) is 0 Å². The van der Waals surface area contributed by atoms with E-state index in [0.717, 1.165) is 19.4 Å². The molecule has 0 spiro atoms. The molecule has 1 aromatic carbocycles. The van der Waals surface area contributed by atoms with Crippen LogP contribution in [0.2, 0.25) is 0 Å². The summed E-state index contributed by atoms with van der Waals surface area (Å²) in [4.78, 5) is 0. The highest BCUT2D eigenvalue weighted by molar-refractivity contribution is 7.07. The van der Waals surface area contributed by atoms with Crippen LogP contribution in [0.3, 0.4) is 0 Å². The van der Waals surface area contributed by atoms with Gasteiger partial charge in [-0.3, -0.25) is 0 Å². The Bertz CT molecular complexity index is 444. The summed E-state index contributed by atoms with van der Waals surface area (Å²) in [5.74, 6) is 0.590. The van der Waals surface area contributed by atoms with Crippen molar-refractivity contribution in [1.82, 2.24) is 0 Å². The van der Waals surface area contributed by atoms with Gasteiger partial charge >= 0.3 is 0 Å². The summed E-state index contributed by atoms with van der Waals surface area (Å²) in [7, 11) is 0. The molecule has 0 aliphatic carbocycles. The van der Waals surface area contributed by atoms with Crippen LogP contribution in [0.1, 0.15) is 23.1 Å². The summed E-state index contributed by atoms with van der Waals surface area (Å²) in [6, 6.07) is 11.0. The second-order valence-corrected chi connectivity index (χ2v) is 5.74. The normalized spacial score (nSPS) is 12.6. The lowest BCUT2D eigenvalue weighted by atomic mass is 9.93. The molecule has 1 nitrogen and oxygen atoms in total. The Morgan fingerprint density at radius 2 is 1.89 bits per heavy atom. The number of hydrogen-bond acceptors (Lipinski definition) is 2. The zero-order valence-electron chi connectivity index (χ0n) is 10.9. The van der Waals surface area contributed by atoms with Crippen molar-refractivity contribution >= 4 is 11.3 Å². The van der Waals surface area contributed by atoms with Gasteiger partial charge in [-0.05, 0) is 66.6 Å². The van der Waals surface area contributed by atoms with Crippen molar-refractivity contribution in [3.8, 4) is 0 Å². The van der Waals surface area contributed by atoms with Crippen molar-refractivity contribution < 1.29 is 0 Å². The van der Waals surface area contributed by atoms with Gasteiger partial charge in [0.1, 0.15) is 0 Å². The van der Waals surface area contributed by atoms with Crippen molar-refractivity contribution in [1.29, 1.82) is 0 Å². The van der Waals surface area contributed by atoms with Crippen LogP contribution in [0.15, 0.2) is 41.1 Å². The molecule has 1 aromatic heterocycles. The monoisotopic (exact) mass is 259 g/mol. The summed E-state index contributed by atoms with van der Waals surface area (Å²) >= 11 is 1.77. The molecule has 2 rings (SSSR count). The lowest BCUT2D eigenvalue weighted by molar-refractivity contribution is 0.494. The van der Waals surface area contributed by atoms with Gasteiger partial charge in [0.15, 0.2) is 0 Å². The molecule has 0 fully saturated rings. The van der Waals surface area contributed by atoms with E-state index in [-0.39, 0.29) is 0 Å². The minimum Gasteiger partial charge on any atom is -0.330 e. The highest BCUT2D eigenvalue weighted by Crippen LogP contribution is 2.16. The highest BCUT2D eigenvalue weighted by atomic mass is 32.1. The topological polar surface area (TPSA) is 26.0 Å². The third kappa shape index (κ3) is 3.97. The van der Waals surface area contributed by atoms with Crippen LogP contribution in [0, 0.1) is 12.8 Å². The molecule has 0 aliphatic heterocycles. The fourth-order valence-electron chi connectivity index (χ4n) is 2.17. The summed E-state index contributed by atoms with van der Waals surface area (Å²) in [5, 5.41) is 4.38. The first-order valence-electron chi connectivity index (χ1n) is 6.54. The molecule has 1 unspecified atom stereocenters. The Morgan fingerprint density at radius 1 is 1.11 bits per heavy atom. The van der Waals surface area contributed by atoms with Crippen molar-refractivity contribution in [3.63, 3.8) is 0 Å². The van der Waals surface area contributed by atoms with E-state index in [0.29, 0.717) is 5.92 Å². The van der Waals surface area contributed by atoms with E-state index in [9.17, 15) is 0 Å². The van der Waals surface area contributed by atoms with Gasteiger partial charge in [0.25, 0.3) is 0 Å². The van der Waals surface area contributed by atoms with Crippen LogP contribution in [0.5, 0.6) is 0 Å². The molecule has 2 aromatic rings. The number of benzene rings is 1. The molecule has 96 valence electrons. The molecule has 0 aliphatic rings. The number of nitrogens with two attached hydrogens (primary N) is 1. The average molecular weight is 259 g/mol. The van der Waals surface area contributed by atoms with Crippen molar-refractivity contribution in [2.24, 2.45) is 11.7 Å². The maximum atomic E-state index is 5.89. The van der Waals surface area contributed by atoms with Crippen LogP contribution in [0.4, 0.5) is 0 Å². The molecule has 2 heteroatoms. The molecule has 0 radical (unpaired) electrons. The first-order chi connectivity index (χ1) is 8.78. The maximum absolute atomic E-state index is 5.89. The summed E-state index contributed by atoms with van der Waals surface area (Å²) in [6.45, 7) is 2.90. The fraction of sp³-hybridized carbons (Fsp3) is 0.375. The largest absolute Gasteiger partial charge is 0.330 e. The Balaban J connectivity index is 1.87. The van der Waals surface area contributed by atoms with Gasteiger partial charge in [0, 0.05) is 0 Å². The Hall–Kier alpha value is -1.12. The number of rotatable bonds is 6. The summed E-state index contributed by atoms with van der Waals surface area (Å²) in [5.41, 5.74) is 10.1. The molecule has 2 N–H and O–H groups in total. The van der Waals surface area contributed by atoms with Gasteiger partial charge in [0.05, 0.1) is 0 Å². The van der Waals surface area contributed by atoms with Crippen molar-refractivity contribution in [2.45, 2.75) is 26.2 Å². The summed E-state index contributed by atoms with van der Waals surface area (Å²) < 4.78 is 0. The molecular formula is C16H21NS. The zero-order chi connectivity index (χ0) is 12.8. The lowest BCUT2D eigenvalue weighted by Crippen LogP contribution is -2.17. The van der Waals surface area contributed by atoms with Gasteiger partial charge in [-0.25, -0.2) is 0 Å². The molecule has 0 bridgehead atoms. The van der Waals surface area contributed by atoms with E-state index in [2.05, 4.69) is 48.0 Å². The van der Waals surface area contributed by atoms with Gasteiger partial charge in [0.2, 0.25) is 0 Å². The van der Waals surface area contributed by atoms with Crippen LogP contribution in [-0.2, 0) is 12.8 Å². The van der Waals surface area contributed by atoms with Crippen LogP contribution >= 0.6 is 11.3 Å². The second-order valence-electron chi connectivity index (χ2n) is 4.96. The first-order valence-corrected chi connectivity index (χ1v) is 7.49. The third-order valence-corrected chi connectivity index (χ3v) is 4.13. The van der Waals surface area contributed by atoms with E-state index >= 15 is 0 Å². The predicted molar refractivity (Wildman–Crippen MR) is 80.1 cm³/mol. The molecule has 18 heavy (non-hydrogen) atoms. The van der Waals surface area contributed by atoms with Crippen molar-refractivity contribution in [2.75, 3.05) is 6.54 Å². The Labute approximate surface area is 114 Å². The predicted octanol–water partition coefficient (Wildman–Crippen LogP) is 3.81. The highest BCUT2D eigenvalue weighted by Gasteiger charge is 2.08. The Morgan fingerprint density at radius 3 is 2.50 bits per heavy atom. The van der Waals surface area contributed by atoms with Crippen LogP contribution in [-0.4, -0.2) is 6.54 Å². The van der Waals surface area contributed by atoms with Gasteiger partial charge in [-0.2, -0.15) is 11.3 Å². The fourth-order valence-corrected chi connectivity index (χ4v) is 2.87. The average Bonchev–Trinajstić information content (AvgIpc) is 2.90. The second kappa shape index (κ2) is 6.72. The quantitative estimate of drug-likeness (QED) is 0.839.